The van der Waals surface area contributed by atoms with Crippen molar-refractivity contribution < 1.29 is 9.59 Å². The molecule has 2 N–H and O–H groups in total. The second-order valence-corrected chi connectivity index (χ2v) is 9.30. The maximum atomic E-state index is 11.7. The lowest BCUT2D eigenvalue weighted by Gasteiger charge is -2.28. The highest BCUT2D eigenvalue weighted by molar-refractivity contribution is 7.83. The third-order valence-corrected chi connectivity index (χ3v) is 3.09. The van der Waals surface area contributed by atoms with Gasteiger partial charge in [-0.3, -0.25) is 9.59 Å². The van der Waals surface area contributed by atoms with Crippen molar-refractivity contribution in [1.29, 1.82) is 0 Å². The summed E-state index contributed by atoms with van der Waals surface area (Å²) in [7, 11) is 0. The Morgan fingerprint density at radius 1 is 0.789 bits per heavy atom. The molecule has 0 bridgehead atoms. The minimum atomic E-state index is -0.736. The molecule has 0 saturated carbocycles. The molecular formula is C12H24N2O2S3. The van der Waals surface area contributed by atoms with Crippen molar-refractivity contribution in [2.75, 3.05) is 13.1 Å². The molecule has 0 aromatic heterocycles. The van der Waals surface area contributed by atoms with E-state index in [4.69, 9.17) is 0 Å². The zero-order chi connectivity index (χ0) is 15.5. The molecule has 4 nitrogen and oxygen atoms in total. The molecule has 0 rings (SSSR count). The first-order valence-corrected chi connectivity index (χ1v) is 7.33. The maximum Gasteiger partial charge on any atom is 0.235 e. The number of rotatable bonds is 6. The van der Waals surface area contributed by atoms with Gasteiger partial charge in [-0.1, -0.05) is 0 Å². The third-order valence-electron chi connectivity index (χ3n) is 2.37. The van der Waals surface area contributed by atoms with E-state index in [-0.39, 0.29) is 11.8 Å². The molecule has 0 aromatic rings. The molecule has 7 heteroatoms. The van der Waals surface area contributed by atoms with Crippen molar-refractivity contribution in [3.8, 4) is 0 Å². The minimum absolute atomic E-state index is 0.169. The first kappa shape index (κ1) is 19.0. The van der Waals surface area contributed by atoms with E-state index in [1.165, 1.54) is 0 Å². The highest BCUT2D eigenvalue weighted by Gasteiger charge is 2.28. The third kappa shape index (κ3) is 7.99. The van der Waals surface area contributed by atoms with Crippen molar-refractivity contribution in [1.82, 2.24) is 10.6 Å². The van der Waals surface area contributed by atoms with Gasteiger partial charge in [0.1, 0.15) is 0 Å². The SMILES string of the molecule is CC(S)(CNC(=O)C(C)(C)S)CNC(=O)C(C)(C)S. The highest BCUT2D eigenvalue weighted by Crippen LogP contribution is 2.16. The number of thiol groups is 3. The lowest BCUT2D eigenvalue weighted by Crippen LogP contribution is -2.50. The van der Waals surface area contributed by atoms with Crippen LogP contribution in [0.25, 0.3) is 0 Å². The molecule has 0 aliphatic rings. The standard InChI is InChI=1S/C12H24N2O2S3/c1-10(2,17)8(15)13-6-12(5,19)7-14-9(16)11(3,4)18/h17-19H,6-7H2,1-5H3,(H,13,15)(H,14,16). The summed E-state index contributed by atoms with van der Waals surface area (Å²) in [5, 5.41) is 5.53. The van der Waals surface area contributed by atoms with Crippen LogP contribution in [-0.2, 0) is 9.59 Å². The van der Waals surface area contributed by atoms with Crippen LogP contribution in [0.1, 0.15) is 34.6 Å². The van der Waals surface area contributed by atoms with Crippen molar-refractivity contribution in [2.45, 2.75) is 48.9 Å². The summed E-state index contributed by atoms with van der Waals surface area (Å²) in [6.07, 6.45) is 0. The van der Waals surface area contributed by atoms with E-state index in [0.29, 0.717) is 13.1 Å². The Balaban J connectivity index is 4.28. The van der Waals surface area contributed by atoms with Crippen molar-refractivity contribution in [3.05, 3.63) is 0 Å². The van der Waals surface area contributed by atoms with Crippen LogP contribution in [0.15, 0.2) is 0 Å². The van der Waals surface area contributed by atoms with E-state index in [1.807, 2.05) is 6.92 Å². The zero-order valence-electron chi connectivity index (χ0n) is 12.1. The number of amides is 2. The molecule has 0 radical (unpaired) electrons. The first-order valence-electron chi connectivity index (χ1n) is 5.99. The lowest BCUT2D eigenvalue weighted by molar-refractivity contribution is -0.122. The average molecular weight is 325 g/mol. The highest BCUT2D eigenvalue weighted by atomic mass is 32.1. The molecule has 2 amide bonds. The summed E-state index contributed by atoms with van der Waals surface area (Å²) in [6, 6.07) is 0. The molecule has 0 spiro atoms. The van der Waals surface area contributed by atoms with Gasteiger partial charge in [0, 0.05) is 17.8 Å². The van der Waals surface area contributed by atoms with Crippen molar-refractivity contribution in [3.63, 3.8) is 0 Å². The largest absolute Gasteiger partial charge is 0.353 e. The van der Waals surface area contributed by atoms with E-state index in [0.717, 1.165) is 0 Å². The van der Waals surface area contributed by atoms with Crippen LogP contribution < -0.4 is 10.6 Å². The predicted molar refractivity (Wildman–Crippen MR) is 89.5 cm³/mol. The molecule has 0 fully saturated rings. The lowest BCUT2D eigenvalue weighted by atomic mass is 10.1. The van der Waals surface area contributed by atoms with Gasteiger partial charge in [-0.15, -0.1) is 0 Å². The van der Waals surface area contributed by atoms with E-state index in [9.17, 15) is 9.59 Å². The molecule has 19 heavy (non-hydrogen) atoms. The number of nitrogens with one attached hydrogen (secondary N) is 2. The summed E-state index contributed by atoms with van der Waals surface area (Å²) in [6.45, 7) is 9.38. The number of hydrogen-bond donors (Lipinski definition) is 5. The molecule has 0 unspecified atom stereocenters. The summed E-state index contributed by atoms with van der Waals surface area (Å²) in [4.78, 5) is 23.4. The first-order chi connectivity index (χ1) is 8.26. The quantitative estimate of drug-likeness (QED) is 0.479. The fraction of sp³-hybridized carbons (Fsp3) is 0.833. The van der Waals surface area contributed by atoms with Crippen LogP contribution in [0, 0.1) is 0 Å². The number of carbonyl (C=O) groups excluding carboxylic acids is 2. The van der Waals surface area contributed by atoms with Crippen molar-refractivity contribution in [2.24, 2.45) is 0 Å². The van der Waals surface area contributed by atoms with Gasteiger partial charge in [-0.2, -0.15) is 37.9 Å². The van der Waals surface area contributed by atoms with Crippen LogP contribution in [0.4, 0.5) is 0 Å². The van der Waals surface area contributed by atoms with Gasteiger partial charge in [-0.25, -0.2) is 0 Å². The summed E-state index contributed by atoms with van der Waals surface area (Å²) >= 11 is 12.8. The van der Waals surface area contributed by atoms with Gasteiger partial charge in [0.2, 0.25) is 11.8 Å². The Morgan fingerprint density at radius 2 is 1.05 bits per heavy atom. The number of hydrogen-bond acceptors (Lipinski definition) is 5. The summed E-state index contributed by atoms with van der Waals surface area (Å²) < 4.78 is -2.01. The maximum absolute atomic E-state index is 11.7. The normalized spacial score (nSPS) is 13.1. The van der Waals surface area contributed by atoms with Crippen LogP contribution in [0.3, 0.4) is 0 Å². The van der Waals surface area contributed by atoms with Crippen LogP contribution in [-0.4, -0.2) is 39.1 Å². The average Bonchev–Trinajstić information content (AvgIpc) is 2.20. The Bertz CT molecular complexity index is 312. The zero-order valence-corrected chi connectivity index (χ0v) is 14.8. The van der Waals surface area contributed by atoms with Gasteiger partial charge in [0.05, 0.1) is 9.49 Å². The smallest absolute Gasteiger partial charge is 0.235 e. The van der Waals surface area contributed by atoms with Gasteiger partial charge in [0.25, 0.3) is 0 Å². The Hall–Kier alpha value is -0.0100. The van der Waals surface area contributed by atoms with E-state index >= 15 is 0 Å². The van der Waals surface area contributed by atoms with Gasteiger partial charge in [0.15, 0.2) is 0 Å². The molecule has 0 saturated heterocycles. The van der Waals surface area contributed by atoms with Crippen molar-refractivity contribution >= 4 is 49.7 Å². The molecule has 0 atom stereocenters. The molecule has 0 heterocycles. The topological polar surface area (TPSA) is 58.2 Å². The summed E-state index contributed by atoms with van der Waals surface area (Å²) in [5.74, 6) is -0.339. The molecule has 0 aromatic carbocycles. The molecular weight excluding hydrogens is 300 g/mol. The second-order valence-electron chi connectivity index (χ2n) is 5.98. The molecule has 112 valence electrons. The van der Waals surface area contributed by atoms with E-state index < -0.39 is 14.2 Å². The Morgan fingerprint density at radius 3 is 1.26 bits per heavy atom. The van der Waals surface area contributed by atoms with E-state index in [1.54, 1.807) is 27.7 Å². The van der Waals surface area contributed by atoms with Crippen LogP contribution >= 0.6 is 37.9 Å². The van der Waals surface area contributed by atoms with Gasteiger partial charge in [-0.05, 0) is 34.6 Å². The Kier molecular flexibility index (Phi) is 6.62. The minimum Gasteiger partial charge on any atom is -0.353 e. The predicted octanol–water partition coefficient (Wildman–Crippen LogP) is 1.32. The fourth-order valence-corrected chi connectivity index (χ4v) is 1.35. The van der Waals surface area contributed by atoms with Gasteiger partial charge >= 0.3 is 0 Å². The van der Waals surface area contributed by atoms with Gasteiger partial charge < -0.3 is 10.6 Å². The van der Waals surface area contributed by atoms with E-state index in [2.05, 4.69) is 48.5 Å². The second kappa shape index (κ2) is 6.63. The molecule has 0 aliphatic carbocycles. The van der Waals surface area contributed by atoms with Crippen LogP contribution in [0.5, 0.6) is 0 Å². The Labute approximate surface area is 132 Å². The monoisotopic (exact) mass is 324 g/mol. The summed E-state index contributed by atoms with van der Waals surface area (Å²) in [5.41, 5.74) is 0. The molecule has 0 aliphatic heterocycles. The van der Waals surface area contributed by atoms with Crippen LogP contribution in [0.2, 0.25) is 0 Å². The fourth-order valence-electron chi connectivity index (χ4n) is 1.04. The number of carbonyl (C=O) groups is 2.